The average Bonchev–Trinajstić information content (AvgIpc) is 2.82. The van der Waals surface area contributed by atoms with E-state index in [-0.39, 0.29) is 11.8 Å². The molecule has 5 heteroatoms. The number of rotatable bonds is 4. The zero-order valence-electron chi connectivity index (χ0n) is 10.5. The Morgan fingerprint density at radius 2 is 2.21 bits per heavy atom. The number of aromatic nitrogens is 2. The Hall–Kier alpha value is -2.14. The summed E-state index contributed by atoms with van der Waals surface area (Å²) in [5, 5.41) is 10.3. The molecule has 1 aliphatic heterocycles. The van der Waals surface area contributed by atoms with Crippen LogP contribution in [0.2, 0.25) is 0 Å². The number of amides is 1. The first-order valence-electron chi connectivity index (χ1n) is 6.40. The number of benzene rings is 1. The zero-order chi connectivity index (χ0) is 13.1. The Kier molecular flexibility index (Phi) is 3.29. The highest BCUT2D eigenvalue weighted by molar-refractivity contribution is 5.94. The van der Waals surface area contributed by atoms with Crippen LogP contribution in [0.5, 0.6) is 0 Å². The molecule has 1 aromatic heterocycles. The lowest BCUT2D eigenvalue weighted by Crippen LogP contribution is -2.48. The van der Waals surface area contributed by atoms with Gasteiger partial charge in [0.25, 0.3) is 0 Å². The van der Waals surface area contributed by atoms with Crippen LogP contribution in [0.25, 0.3) is 0 Å². The van der Waals surface area contributed by atoms with Gasteiger partial charge in [-0.2, -0.15) is 5.10 Å². The second-order valence-corrected chi connectivity index (χ2v) is 4.71. The van der Waals surface area contributed by atoms with Gasteiger partial charge < -0.3 is 10.6 Å². The van der Waals surface area contributed by atoms with E-state index in [1.54, 1.807) is 6.20 Å². The zero-order valence-corrected chi connectivity index (χ0v) is 10.5. The quantitative estimate of drug-likeness (QED) is 0.861. The molecule has 2 heterocycles. The summed E-state index contributed by atoms with van der Waals surface area (Å²) in [5.74, 6) is 0.185. The maximum Gasteiger partial charge on any atom is 0.230 e. The summed E-state index contributed by atoms with van der Waals surface area (Å²) >= 11 is 0. The fraction of sp³-hybridized carbons (Fsp3) is 0.286. The summed E-state index contributed by atoms with van der Waals surface area (Å²) in [6, 6.07) is 9.74. The number of hydrogen-bond acceptors (Lipinski definition) is 3. The lowest BCUT2D eigenvalue weighted by Gasteiger charge is -2.26. The average molecular weight is 256 g/mol. The van der Waals surface area contributed by atoms with Crippen LogP contribution in [0.3, 0.4) is 0 Å². The van der Waals surface area contributed by atoms with Crippen LogP contribution in [0, 0.1) is 5.92 Å². The van der Waals surface area contributed by atoms with E-state index >= 15 is 0 Å². The van der Waals surface area contributed by atoms with E-state index in [9.17, 15) is 4.79 Å². The SMILES string of the molecule is O=C(Nc1ccccc1Cn1cccn1)C1CNC1. The molecule has 0 saturated carbocycles. The number of carbonyl (C=O) groups is 1. The molecule has 1 aliphatic rings. The van der Waals surface area contributed by atoms with Gasteiger partial charge in [0.05, 0.1) is 12.5 Å². The van der Waals surface area contributed by atoms with Crippen molar-refractivity contribution in [2.45, 2.75) is 6.54 Å². The van der Waals surface area contributed by atoms with Gasteiger partial charge in [-0.1, -0.05) is 18.2 Å². The van der Waals surface area contributed by atoms with Gasteiger partial charge in [0.15, 0.2) is 0 Å². The summed E-state index contributed by atoms with van der Waals surface area (Å²) in [6.07, 6.45) is 3.66. The first kappa shape index (κ1) is 11.9. The predicted octanol–water partition coefficient (Wildman–Crippen LogP) is 1.09. The van der Waals surface area contributed by atoms with E-state index in [2.05, 4.69) is 15.7 Å². The highest BCUT2D eigenvalue weighted by Crippen LogP contribution is 2.18. The van der Waals surface area contributed by atoms with Crippen molar-refractivity contribution in [2.75, 3.05) is 18.4 Å². The lowest BCUT2D eigenvalue weighted by atomic mass is 10.0. The van der Waals surface area contributed by atoms with Gasteiger partial charge in [0.1, 0.15) is 0 Å². The Morgan fingerprint density at radius 3 is 2.89 bits per heavy atom. The molecule has 1 aromatic carbocycles. The van der Waals surface area contributed by atoms with Crippen molar-refractivity contribution in [1.82, 2.24) is 15.1 Å². The molecule has 19 heavy (non-hydrogen) atoms. The van der Waals surface area contributed by atoms with Gasteiger partial charge in [-0.15, -0.1) is 0 Å². The van der Waals surface area contributed by atoms with E-state index in [1.165, 1.54) is 0 Å². The standard InChI is InChI=1S/C14H16N4O/c19-14(12-8-15-9-12)17-13-5-2-1-4-11(13)10-18-7-3-6-16-18/h1-7,12,15H,8-10H2,(H,17,19). The van der Waals surface area contributed by atoms with Crippen LogP contribution in [0.1, 0.15) is 5.56 Å². The Labute approximate surface area is 111 Å². The van der Waals surface area contributed by atoms with Crippen molar-refractivity contribution in [1.29, 1.82) is 0 Å². The summed E-state index contributed by atoms with van der Waals surface area (Å²) < 4.78 is 1.84. The third-order valence-electron chi connectivity index (χ3n) is 3.32. The van der Waals surface area contributed by atoms with E-state index in [0.717, 1.165) is 24.3 Å². The normalized spacial score (nSPS) is 14.9. The second kappa shape index (κ2) is 5.24. The maximum atomic E-state index is 12.0. The van der Waals surface area contributed by atoms with E-state index in [1.807, 2.05) is 41.2 Å². The fourth-order valence-corrected chi connectivity index (χ4v) is 2.06. The molecule has 2 N–H and O–H groups in total. The number of carbonyl (C=O) groups excluding carboxylic acids is 1. The van der Waals surface area contributed by atoms with Crippen LogP contribution < -0.4 is 10.6 Å². The summed E-state index contributed by atoms with van der Waals surface area (Å²) in [6.45, 7) is 2.20. The topological polar surface area (TPSA) is 59.0 Å². The molecule has 0 bridgehead atoms. The van der Waals surface area contributed by atoms with Gasteiger partial charge in [-0.05, 0) is 17.7 Å². The first-order chi connectivity index (χ1) is 9.33. The molecule has 0 radical (unpaired) electrons. The van der Waals surface area contributed by atoms with Gasteiger partial charge in [-0.3, -0.25) is 9.48 Å². The Bertz CT molecular complexity index is 561. The first-order valence-corrected chi connectivity index (χ1v) is 6.40. The molecular weight excluding hydrogens is 240 g/mol. The molecule has 1 saturated heterocycles. The number of nitrogens with zero attached hydrogens (tertiary/aromatic N) is 2. The number of para-hydroxylation sites is 1. The van der Waals surface area contributed by atoms with Crippen LogP contribution >= 0.6 is 0 Å². The lowest BCUT2D eigenvalue weighted by molar-refractivity contribution is -0.121. The van der Waals surface area contributed by atoms with Gasteiger partial charge in [0.2, 0.25) is 5.91 Å². The van der Waals surface area contributed by atoms with Gasteiger partial charge >= 0.3 is 0 Å². The molecule has 98 valence electrons. The molecule has 0 atom stereocenters. The van der Waals surface area contributed by atoms with Crippen LogP contribution in [-0.2, 0) is 11.3 Å². The van der Waals surface area contributed by atoms with Crippen molar-refractivity contribution in [3.63, 3.8) is 0 Å². The van der Waals surface area contributed by atoms with Crippen molar-refractivity contribution >= 4 is 11.6 Å². The third-order valence-corrected chi connectivity index (χ3v) is 3.32. The minimum atomic E-state index is 0.0895. The van der Waals surface area contributed by atoms with Gasteiger partial charge in [-0.25, -0.2) is 0 Å². The molecule has 5 nitrogen and oxygen atoms in total. The predicted molar refractivity (Wildman–Crippen MR) is 72.8 cm³/mol. The summed E-state index contributed by atoms with van der Waals surface area (Å²) in [4.78, 5) is 12.0. The van der Waals surface area contributed by atoms with Crippen LogP contribution in [0.4, 0.5) is 5.69 Å². The molecule has 0 unspecified atom stereocenters. The van der Waals surface area contributed by atoms with Crippen molar-refractivity contribution in [3.8, 4) is 0 Å². The fourth-order valence-electron chi connectivity index (χ4n) is 2.06. The Balaban J connectivity index is 1.75. The second-order valence-electron chi connectivity index (χ2n) is 4.71. The van der Waals surface area contributed by atoms with Crippen molar-refractivity contribution in [2.24, 2.45) is 5.92 Å². The number of anilines is 1. The van der Waals surface area contributed by atoms with Gasteiger partial charge in [0, 0.05) is 31.2 Å². The minimum absolute atomic E-state index is 0.0895. The van der Waals surface area contributed by atoms with Crippen LogP contribution in [-0.4, -0.2) is 28.8 Å². The van der Waals surface area contributed by atoms with E-state index < -0.39 is 0 Å². The molecule has 0 aliphatic carbocycles. The molecule has 2 aromatic rings. The highest BCUT2D eigenvalue weighted by atomic mass is 16.2. The molecule has 3 rings (SSSR count). The minimum Gasteiger partial charge on any atom is -0.325 e. The smallest absolute Gasteiger partial charge is 0.230 e. The maximum absolute atomic E-state index is 12.0. The van der Waals surface area contributed by atoms with Crippen molar-refractivity contribution < 1.29 is 4.79 Å². The monoisotopic (exact) mass is 256 g/mol. The number of nitrogens with one attached hydrogen (secondary N) is 2. The third kappa shape index (κ3) is 2.66. The van der Waals surface area contributed by atoms with Crippen LogP contribution in [0.15, 0.2) is 42.7 Å². The molecule has 1 amide bonds. The highest BCUT2D eigenvalue weighted by Gasteiger charge is 2.25. The Morgan fingerprint density at radius 1 is 1.37 bits per heavy atom. The molecular formula is C14H16N4O. The van der Waals surface area contributed by atoms with E-state index in [4.69, 9.17) is 0 Å². The number of hydrogen-bond donors (Lipinski definition) is 2. The van der Waals surface area contributed by atoms with E-state index in [0.29, 0.717) is 6.54 Å². The summed E-state index contributed by atoms with van der Waals surface area (Å²) in [7, 11) is 0. The van der Waals surface area contributed by atoms with Crippen molar-refractivity contribution in [3.05, 3.63) is 48.3 Å². The molecule has 1 fully saturated rings. The summed E-state index contributed by atoms with van der Waals surface area (Å²) in [5.41, 5.74) is 1.93. The molecule has 0 spiro atoms. The largest absolute Gasteiger partial charge is 0.325 e.